The van der Waals surface area contributed by atoms with Crippen LogP contribution in [0.2, 0.25) is 0 Å². The number of hydrogen-bond donors (Lipinski definition) is 3. The highest BCUT2D eigenvalue weighted by Gasteiger charge is 2.42. The maximum atomic E-state index is 12.4. The molecule has 0 heterocycles. The molecule has 0 aromatic heterocycles. The van der Waals surface area contributed by atoms with Crippen LogP contribution in [-0.4, -0.2) is 78.4 Å². The molecule has 0 saturated carbocycles. The summed E-state index contributed by atoms with van der Waals surface area (Å²) in [5.41, 5.74) is 0. The van der Waals surface area contributed by atoms with E-state index in [0.717, 1.165) is 25.7 Å². The first-order valence-electron chi connectivity index (χ1n) is 10.9. The number of phosphoric acid groups is 1. The normalized spacial score (nSPS) is 15.7. The molecule has 180 valence electrons. The van der Waals surface area contributed by atoms with Crippen LogP contribution in [0, 0.1) is 0 Å². The van der Waals surface area contributed by atoms with Gasteiger partial charge < -0.3 is 33.7 Å². The number of quaternary nitrogens is 1. The van der Waals surface area contributed by atoms with E-state index in [9.17, 15) is 24.5 Å². The van der Waals surface area contributed by atoms with Crippen molar-refractivity contribution in [1.82, 2.24) is 0 Å². The van der Waals surface area contributed by atoms with Crippen LogP contribution in [0.1, 0.15) is 71.1 Å². The number of aliphatic hydroxyl groups excluding tert-OH is 1. The Morgan fingerprint density at radius 3 is 2.00 bits per heavy atom. The molecule has 0 saturated heterocycles. The lowest BCUT2D eigenvalue weighted by molar-refractivity contribution is -0.870. The average Bonchev–Trinajstić information content (AvgIpc) is 2.63. The molecule has 0 aliphatic carbocycles. The van der Waals surface area contributed by atoms with Crippen LogP contribution in [0.5, 0.6) is 0 Å². The van der Waals surface area contributed by atoms with E-state index in [2.05, 4.69) is 11.4 Å². The molecule has 0 aromatic rings. The Bertz CT molecular complexity index is 521. The van der Waals surface area contributed by atoms with Gasteiger partial charge in [0.25, 0.3) is 7.82 Å². The molecule has 0 aromatic carbocycles. The number of carbonyl (C=O) groups excluding carboxylic acids is 1. The summed E-state index contributed by atoms with van der Waals surface area (Å²) in [5, 5.41) is 28.9. The number of Topliss-reactive ketones (excluding diaryl/α,β-unsaturated/α-hetero) is 1. The van der Waals surface area contributed by atoms with Crippen molar-refractivity contribution >= 4 is 13.6 Å². The summed E-state index contributed by atoms with van der Waals surface area (Å²) in [5.74, 6) is -3.82. The van der Waals surface area contributed by atoms with Gasteiger partial charge in [0.05, 0.1) is 21.1 Å². The third-order valence-electron chi connectivity index (χ3n) is 4.72. The summed E-state index contributed by atoms with van der Waals surface area (Å²) >= 11 is 0. The number of rotatable bonds is 19. The summed E-state index contributed by atoms with van der Waals surface area (Å²) < 4.78 is 21.9. The zero-order valence-corrected chi connectivity index (χ0v) is 19.9. The molecule has 2 unspecified atom stereocenters. The van der Waals surface area contributed by atoms with Gasteiger partial charge in [0.2, 0.25) is 5.79 Å². The van der Waals surface area contributed by atoms with Crippen LogP contribution < -0.4 is 4.89 Å². The van der Waals surface area contributed by atoms with E-state index in [0.29, 0.717) is 17.4 Å². The Morgan fingerprint density at radius 2 is 1.53 bits per heavy atom. The largest absolute Gasteiger partial charge is 0.756 e. The molecule has 0 bridgehead atoms. The molecular weight excluding hydrogens is 413 g/mol. The van der Waals surface area contributed by atoms with Gasteiger partial charge in [-0.15, -0.1) is 0 Å². The van der Waals surface area contributed by atoms with Crippen LogP contribution in [0.3, 0.4) is 0 Å². The first-order chi connectivity index (χ1) is 13.8. The van der Waals surface area contributed by atoms with Gasteiger partial charge in [-0.3, -0.25) is 9.36 Å². The Balaban J connectivity index is 4.54. The Labute approximate surface area is 181 Å². The minimum Gasteiger partial charge on any atom is -0.756 e. The molecule has 0 aliphatic rings. The van der Waals surface area contributed by atoms with E-state index in [1.165, 1.54) is 25.7 Å². The highest BCUT2D eigenvalue weighted by molar-refractivity contribution is 7.45. The topological polar surface area (TPSA) is 136 Å². The van der Waals surface area contributed by atoms with E-state index in [1.54, 1.807) is 0 Å². The van der Waals surface area contributed by atoms with E-state index in [-0.39, 0.29) is 13.0 Å². The van der Waals surface area contributed by atoms with Gasteiger partial charge in [-0.2, -0.15) is 0 Å². The van der Waals surface area contributed by atoms with E-state index < -0.39 is 32.1 Å². The number of aliphatic hydroxyl groups is 3. The van der Waals surface area contributed by atoms with Crippen LogP contribution in [0.15, 0.2) is 0 Å². The van der Waals surface area contributed by atoms with E-state index in [4.69, 9.17) is 9.63 Å². The maximum Gasteiger partial charge on any atom is 0.268 e. The highest BCUT2D eigenvalue weighted by atomic mass is 31.2. The van der Waals surface area contributed by atoms with Gasteiger partial charge >= 0.3 is 0 Å². The molecule has 3 N–H and O–H groups in total. The second-order valence-corrected chi connectivity index (χ2v) is 10.2. The molecule has 0 radical (unpaired) electrons. The fourth-order valence-corrected chi connectivity index (χ4v) is 3.72. The summed E-state index contributed by atoms with van der Waals surface area (Å²) in [6, 6.07) is 0. The number of unbranched alkanes of at least 4 members (excludes halogenated alkanes) is 8. The van der Waals surface area contributed by atoms with E-state index in [1.807, 2.05) is 21.1 Å². The number of hydrogen-bond acceptors (Lipinski definition) is 8. The minimum atomic E-state index is -4.97. The predicted octanol–water partition coefficient (Wildman–Crippen LogP) is 1.73. The van der Waals surface area contributed by atoms with Gasteiger partial charge in [-0.05, 0) is 6.42 Å². The van der Waals surface area contributed by atoms with Gasteiger partial charge in [0.15, 0.2) is 11.9 Å². The summed E-state index contributed by atoms with van der Waals surface area (Å²) in [6.45, 7) is 1.09. The monoisotopic (exact) mass is 455 g/mol. The number of ketones is 1. The van der Waals surface area contributed by atoms with Crippen molar-refractivity contribution in [3.63, 3.8) is 0 Å². The lowest BCUT2D eigenvalue weighted by Gasteiger charge is -2.34. The predicted molar refractivity (Wildman–Crippen MR) is 112 cm³/mol. The molecule has 30 heavy (non-hydrogen) atoms. The van der Waals surface area contributed by atoms with Crippen molar-refractivity contribution in [2.24, 2.45) is 0 Å². The van der Waals surface area contributed by atoms with E-state index >= 15 is 0 Å². The first kappa shape index (κ1) is 29.6. The zero-order chi connectivity index (χ0) is 23.3. The molecule has 9 nitrogen and oxygen atoms in total. The first-order valence-corrected chi connectivity index (χ1v) is 12.3. The van der Waals surface area contributed by atoms with Crippen LogP contribution >= 0.6 is 7.82 Å². The second-order valence-electron chi connectivity index (χ2n) is 8.86. The van der Waals surface area contributed by atoms with Crippen molar-refractivity contribution in [2.45, 2.75) is 83.0 Å². The molecule has 0 amide bonds. The highest BCUT2D eigenvalue weighted by Crippen LogP contribution is 2.42. The van der Waals surface area contributed by atoms with Gasteiger partial charge in [0, 0.05) is 6.42 Å². The number of carbonyl (C=O) groups is 1. The number of likely N-dealkylation sites (N-methyl/N-ethyl adjacent to an activating group) is 1. The minimum absolute atomic E-state index is 0.0811. The van der Waals surface area contributed by atoms with Crippen molar-refractivity contribution in [2.75, 3.05) is 40.9 Å². The average molecular weight is 456 g/mol. The van der Waals surface area contributed by atoms with Gasteiger partial charge in [-0.1, -0.05) is 58.3 Å². The number of phosphoric ester groups is 1. The van der Waals surface area contributed by atoms with Gasteiger partial charge in [-0.25, -0.2) is 0 Å². The number of nitrogens with zero attached hydrogens (tertiary/aromatic N) is 1. The van der Waals surface area contributed by atoms with Crippen LogP contribution in [0.25, 0.3) is 0 Å². The van der Waals surface area contributed by atoms with Crippen molar-refractivity contribution in [1.29, 1.82) is 0 Å². The molecular formula is C20H42NO8P. The summed E-state index contributed by atoms with van der Waals surface area (Å²) in [6.07, 6.45) is 7.05. The van der Waals surface area contributed by atoms with Crippen molar-refractivity contribution in [3.8, 4) is 0 Å². The van der Waals surface area contributed by atoms with Gasteiger partial charge in [0.1, 0.15) is 19.8 Å². The molecule has 10 heteroatoms. The lowest BCUT2D eigenvalue weighted by atomic mass is 10.0. The molecule has 0 spiro atoms. The fourth-order valence-electron chi connectivity index (χ4n) is 2.81. The smallest absolute Gasteiger partial charge is 0.268 e. The molecule has 0 rings (SSSR count). The third kappa shape index (κ3) is 14.6. The summed E-state index contributed by atoms with van der Waals surface area (Å²) in [7, 11) is 0.555. The Kier molecular flexibility index (Phi) is 14.5. The molecule has 0 fully saturated rings. The Morgan fingerprint density at radius 1 is 1.03 bits per heavy atom. The fraction of sp³-hybridized carbons (Fsp3) is 0.950. The third-order valence-corrected chi connectivity index (χ3v) is 5.69. The molecule has 0 aliphatic heterocycles. The Hall–Kier alpha value is -0.380. The summed E-state index contributed by atoms with van der Waals surface area (Å²) in [4.78, 5) is 24.4. The second kappa shape index (κ2) is 14.6. The van der Waals surface area contributed by atoms with Crippen LogP contribution in [0.4, 0.5) is 0 Å². The molecule has 2 atom stereocenters. The standard InChI is InChI=1S/C20H42NO8P/c1-5-6-7-8-9-10-11-12-13-14-18(23)19(20(24,25)17-22)29-30(26,27)28-16-15-21(2,3)4/h19,22,24-25H,5-17H2,1-4H3. The zero-order valence-electron chi connectivity index (χ0n) is 19.0. The quantitative estimate of drug-likeness (QED) is 0.116. The van der Waals surface area contributed by atoms with Crippen molar-refractivity contribution < 1.29 is 43.1 Å². The lowest BCUT2D eigenvalue weighted by Crippen LogP contribution is -2.51. The van der Waals surface area contributed by atoms with Crippen molar-refractivity contribution in [3.05, 3.63) is 0 Å². The SMILES string of the molecule is CCCCCCCCCCCC(=O)C(OP(=O)([O-])OCC[N+](C)(C)C)C(O)(O)CO. The van der Waals surface area contributed by atoms with Crippen LogP contribution in [-0.2, 0) is 18.4 Å². The maximum absolute atomic E-state index is 12.4.